The van der Waals surface area contributed by atoms with Crippen LogP contribution in [0.2, 0.25) is 0 Å². The Bertz CT molecular complexity index is 278. The van der Waals surface area contributed by atoms with E-state index in [2.05, 4.69) is 4.98 Å². The van der Waals surface area contributed by atoms with Crippen molar-refractivity contribution in [1.82, 2.24) is 4.98 Å². The van der Waals surface area contributed by atoms with Gasteiger partial charge in [0.1, 0.15) is 0 Å². The van der Waals surface area contributed by atoms with Gasteiger partial charge in [-0.2, -0.15) is 0 Å². The number of hydrogen-bond acceptors (Lipinski definition) is 3. The lowest BCUT2D eigenvalue weighted by Crippen LogP contribution is -1.91. The Balaban J connectivity index is 2.49. The molecule has 1 heterocycles. The fourth-order valence-corrected chi connectivity index (χ4v) is 1.27. The summed E-state index contributed by atoms with van der Waals surface area (Å²) < 4.78 is 7.71. The number of carbonyl (C=O) groups is 1. The third-order valence-electron chi connectivity index (χ3n) is 1.31. The highest BCUT2D eigenvalue weighted by Gasteiger charge is 1.95. The summed E-state index contributed by atoms with van der Waals surface area (Å²) in [5, 5.41) is 0.0614. The highest BCUT2D eigenvalue weighted by atomic mass is 32.2. The summed E-state index contributed by atoms with van der Waals surface area (Å²) in [6.45, 7) is 1.52. The average molecular weight is 182 g/mol. The van der Waals surface area contributed by atoms with Crippen LogP contribution < -0.4 is 0 Å². The van der Waals surface area contributed by atoms with Crippen molar-refractivity contribution in [1.29, 1.82) is 0 Å². The summed E-state index contributed by atoms with van der Waals surface area (Å²) >= 11 is 1.19. The molecule has 0 spiro atoms. The lowest BCUT2D eigenvalue weighted by Gasteiger charge is -1.97. The van der Waals surface area contributed by atoms with Gasteiger partial charge in [0.25, 0.3) is 0 Å². The lowest BCUT2D eigenvalue weighted by atomic mass is 10.2. The van der Waals surface area contributed by atoms with E-state index < -0.39 is 0 Å². The summed E-state index contributed by atoms with van der Waals surface area (Å²) in [5.41, 5.74) is 0.906. The molecule has 0 aliphatic rings. The summed E-state index contributed by atoms with van der Waals surface area (Å²) in [6, 6.07) is 3.61. The molecule has 0 amide bonds. The van der Waals surface area contributed by atoms with E-state index >= 15 is 0 Å². The van der Waals surface area contributed by atoms with E-state index in [1.807, 2.05) is 0 Å². The van der Waals surface area contributed by atoms with Crippen molar-refractivity contribution in [3.63, 3.8) is 0 Å². The monoisotopic (exact) mass is 182 g/mol. The molecule has 0 aromatic carbocycles. The number of rotatable bonds is 3. The Morgan fingerprint density at radius 2 is 2.33 bits per heavy atom. The first kappa shape index (κ1) is 7.80. The van der Waals surface area contributed by atoms with Crippen molar-refractivity contribution in [3.05, 3.63) is 30.1 Å². The van der Waals surface area contributed by atoms with Gasteiger partial charge in [0.15, 0.2) is 5.12 Å². The first-order valence-corrected chi connectivity index (χ1v) is 4.64. The summed E-state index contributed by atoms with van der Waals surface area (Å²) in [5.74, 6) is 0.513. The zero-order chi connectivity index (χ0) is 9.68. The topological polar surface area (TPSA) is 30.0 Å². The number of aryl methyl sites for hydroxylation is 1. The quantitative estimate of drug-likeness (QED) is 0.715. The zero-order valence-corrected chi connectivity index (χ0v) is 7.67. The fourth-order valence-electron chi connectivity index (χ4n) is 0.755. The second-order valence-electron chi connectivity index (χ2n) is 2.29. The molecule has 1 aromatic heterocycles. The van der Waals surface area contributed by atoms with Crippen LogP contribution in [0.5, 0.6) is 0 Å². The van der Waals surface area contributed by atoms with Crippen molar-refractivity contribution < 1.29 is 6.17 Å². The Kier molecular flexibility index (Phi) is 3.20. The summed E-state index contributed by atoms with van der Waals surface area (Å²) in [7, 11) is 0. The molecule has 0 aliphatic heterocycles. The maximum Gasteiger partial charge on any atom is 0.185 e. The molecule has 0 saturated carbocycles. The normalized spacial score (nSPS) is 13.6. The van der Waals surface area contributed by atoms with E-state index in [0.29, 0.717) is 5.75 Å². The minimum atomic E-state index is -0.336. The standard InChI is InChI=1S/C9H11NOS/c1-8(11)12-7-4-9-2-5-10-6-3-9/h2-3,5-6H,4,7H2,1H3/i4D. The lowest BCUT2D eigenvalue weighted by molar-refractivity contribution is -0.109. The second-order valence-corrected chi connectivity index (χ2v) is 3.48. The average Bonchev–Trinajstić information content (AvgIpc) is 2.15. The Morgan fingerprint density at radius 1 is 1.67 bits per heavy atom. The van der Waals surface area contributed by atoms with Crippen molar-refractivity contribution in [2.75, 3.05) is 5.75 Å². The Labute approximate surface area is 77.8 Å². The maximum absolute atomic E-state index is 10.6. The number of pyridine rings is 1. The van der Waals surface area contributed by atoms with E-state index in [1.165, 1.54) is 18.7 Å². The molecule has 0 bridgehead atoms. The molecule has 1 aromatic rings. The highest BCUT2D eigenvalue weighted by molar-refractivity contribution is 8.13. The van der Waals surface area contributed by atoms with Crippen LogP contribution in [0.4, 0.5) is 0 Å². The van der Waals surface area contributed by atoms with Gasteiger partial charge in [-0.3, -0.25) is 9.78 Å². The van der Waals surface area contributed by atoms with Crippen LogP contribution in [0.1, 0.15) is 13.9 Å². The van der Waals surface area contributed by atoms with Crippen molar-refractivity contribution in [2.45, 2.75) is 13.3 Å². The van der Waals surface area contributed by atoms with E-state index in [4.69, 9.17) is 1.37 Å². The molecule has 64 valence electrons. The number of nitrogens with zero attached hydrogens (tertiary/aromatic N) is 1. The van der Waals surface area contributed by atoms with E-state index in [9.17, 15) is 4.79 Å². The van der Waals surface area contributed by atoms with Crippen LogP contribution >= 0.6 is 11.8 Å². The minimum Gasteiger partial charge on any atom is -0.288 e. The molecule has 0 radical (unpaired) electrons. The van der Waals surface area contributed by atoms with Gasteiger partial charge in [0, 0.05) is 26.4 Å². The highest BCUT2D eigenvalue weighted by Crippen LogP contribution is 2.06. The maximum atomic E-state index is 10.6. The third-order valence-corrected chi connectivity index (χ3v) is 2.05. The van der Waals surface area contributed by atoms with Gasteiger partial charge < -0.3 is 0 Å². The molecule has 1 unspecified atom stereocenters. The smallest absolute Gasteiger partial charge is 0.185 e. The summed E-state index contributed by atoms with van der Waals surface area (Å²) in [4.78, 5) is 14.5. The van der Waals surface area contributed by atoms with Gasteiger partial charge in [0.2, 0.25) is 0 Å². The molecular formula is C9H11NOS. The Morgan fingerprint density at radius 3 is 2.92 bits per heavy atom. The number of thioether (sulfide) groups is 1. The molecule has 12 heavy (non-hydrogen) atoms. The van der Waals surface area contributed by atoms with Crippen LogP contribution in [0.25, 0.3) is 0 Å². The minimum absolute atomic E-state index is 0.0614. The zero-order valence-electron chi connectivity index (χ0n) is 7.86. The first-order valence-electron chi connectivity index (χ1n) is 4.23. The SMILES string of the molecule is [2H]C(CSC(C)=O)c1ccncc1. The van der Waals surface area contributed by atoms with Gasteiger partial charge in [-0.15, -0.1) is 0 Å². The van der Waals surface area contributed by atoms with Gasteiger partial charge in [-0.25, -0.2) is 0 Å². The molecule has 0 aliphatic carbocycles. The second kappa shape index (κ2) is 4.93. The van der Waals surface area contributed by atoms with Gasteiger partial charge in [-0.1, -0.05) is 11.8 Å². The van der Waals surface area contributed by atoms with Crippen LogP contribution in [0.15, 0.2) is 24.5 Å². The molecule has 1 atom stereocenters. The fraction of sp³-hybridized carbons (Fsp3) is 0.333. The molecule has 1 rings (SSSR count). The number of hydrogen-bond donors (Lipinski definition) is 0. The van der Waals surface area contributed by atoms with Gasteiger partial charge in [0.05, 0.1) is 0 Å². The van der Waals surface area contributed by atoms with Crippen molar-refractivity contribution in [3.8, 4) is 0 Å². The largest absolute Gasteiger partial charge is 0.288 e. The van der Waals surface area contributed by atoms with Crippen LogP contribution in [-0.2, 0) is 11.2 Å². The van der Waals surface area contributed by atoms with Crippen molar-refractivity contribution in [2.24, 2.45) is 0 Å². The molecular weight excluding hydrogens is 170 g/mol. The van der Waals surface area contributed by atoms with Crippen LogP contribution in [0, 0.1) is 0 Å². The van der Waals surface area contributed by atoms with Gasteiger partial charge in [-0.05, 0) is 24.1 Å². The predicted molar refractivity (Wildman–Crippen MR) is 51.1 cm³/mol. The third kappa shape index (κ3) is 3.53. The molecule has 0 saturated heterocycles. The molecule has 0 N–H and O–H groups in total. The number of carbonyl (C=O) groups excluding carboxylic acids is 1. The van der Waals surface area contributed by atoms with E-state index in [0.717, 1.165) is 5.56 Å². The summed E-state index contributed by atoms with van der Waals surface area (Å²) in [6.07, 6.45) is 2.99. The van der Waals surface area contributed by atoms with Crippen LogP contribution in [0.3, 0.4) is 0 Å². The predicted octanol–water partition coefficient (Wildman–Crippen LogP) is 1.90. The van der Waals surface area contributed by atoms with E-state index in [1.54, 1.807) is 24.5 Å². The molecule has 3 heteroatoms. The number of aromatic nitrogens is 1. The van der Waals surface area contributed by atoms with Crippen LogP contribution in [-0.4, -0.2) is 15.9 Å². The molecule has 0 fully saturated rings. The first-order chi connectivity index (χ1) is 6.20. The van der Waals surface area contributed by atoms with Crippen molar-refractivity contribution >= 4 is 16.9 Å². The Hall–Kier alpha value is -0.830. The van der Waals surface area contributed by atoms with Gasteiger partial charge >= 0.3 is 0 Å². The van der Waals surface area contributed by atoms with E-state index in [-0.39, 0.29) is 11.5 Å². The molecule has 2 nitrogen and oxygen atoms in total.